The molecule has 0 aromatic carbocycles. The van der Waals surface area contributed by atoms with Gasteiger partial charge in [-0.05, 0) is 12.1 Å². The number of carbonyl (C=O) groups excluding carboxylic acids is 1. The first-order chi connectivity index (χ1) is 9.22. The summed E-state index contributed by atoms with van der Waals surface area (Å²) in [5.41, 5.74) is 1.34. The highest BCUT2D eigenvalue weighted by Crippen LogP contribution is 2.26. The number of aromatic amines is 1. The lowest BCUT2D eigenvalue weighted by Crippen LogP contribution is -2.27. The second-order valence-electron chi connectivity index (χ2n) is 3.92. The minimum absolute atomic E-state index is 0.247. The molecule has 8 heteroatoms. The summed E-state index contributed by atoms with van der Waals surface area (Å²) in [5, 5.41) is 13.0. The van der Waals surface area contributed by atoms with Crippen molar-refractivity contribution in [2.24, 2.45) is 5.16 Å². The van der Waals surface area contributed by atoms with Gasteiger partial charge < -0.3 is 10.2 Å². The molecule has 2 aromatic rings. The molecule has 2 N–H and O–H groups in total. The van der Waals surface area contributed by atoms with Gasteiger partial charge in [0.1, 0.15) is 5.71 Å². The van der Waals surface area contributed by atoms with Crippen molar-refractivity contribution < 1.29 is 9.63 Å². The van der Waals surface area contributed by atoms with Gasteiger partial charge in [-0.1, -0.05) is 16.8 Å². The van der Waals surface area contributed by atoms with Gasteiger partial charge in [-0.15, -0.1) is 11.3 Å². The number of oxime groups is 1. The standard InChI is InChI=1S/C11H9ClN4O2S/c12-10-2-1-9(19-10)7-3-8(18-16-7)11(17)15-6-4-13-14-5-6/h1-2,4-5,8H,3H2,(H,13,14)(H,15,17)/t8-/m1/s1. The number of amides is 1. The Morgan fingerprint density at radius 2 is 2.47 bits per heavy atom. The molecule has 0 saturated heterocycles. The molecule has 0 bridgehead atoms. The number of thiophene rings is 1. The molecular formula is C11H9ClN4O2S. The fraction of sp³-hybridized carbons (Fsp3) is 0.182. The van der Waals surface area contributed by atoms with Crippen molar-refractivity contribution in [3.05, 3.63) is 33.7 Å². The SMILES string of the molecule is O=C(Nc1cn[nH]c1)[C@H]1CC(c2ccc(Cl)s2)=NO1. The topological polar surface area (TPSA) is 79.4 Å². The maximum Gasteiger partial charge on any atom is 0.268 e. The van der Waals surface area contributed by atoms with Gasteiger partial charge in [-0.2, -0.15) is 5.10 Å². The van der Waals surface area contributed by atoms with Crippen molar-refractivity contribution >= 4 is 40.2 Å². The normalized spacial score (nSPS) is 17.9. The molecule has 0 spiro atoms. The average molecular weight is 297 g/mol. The minimum Gasteiger partial charge on any atom is -0.382 e. The van der Waals surface area contributed by atoms with E-state index < -0.39 is 6.10 Å². The molecule has 0 saturated carbocycles. The third kappa shape index (κ3) is 2.61. The van der Waals surface area contributed by atoms with Gasteiger partial charge in [0, 0.05) is 12.6 Å². The molecule has 1 aliphatic heterocycles. The van der Waals surface area contributed by atoms with E-state index in [1.54, 1.807) is 12.3 Å². The molecule has 0 fully saturated rings. The van der Waals surface area contributed by atoms with Crippen LogP contribution in [0, 0.1) is 0 Å². The Bertz CT molecular complexity index is 622. The predicted octanol–water partition coefficient (Wildman–Crippen LogP) is 2.26. The average Bonchev–Trinajstić information content (AvgIpc) is 3.07. The number of rotatable bonds is 3. The summed E-state index contributed by atoms with van der Waals surface area (Å²) in [7, 11) is 0. The zero-order valence-corrected chi connectivity index (χ0v) is 11.2. The van der Waals surface area contributed by atoms with Crippen LogP contribution in [0.3, 0.4) is 0 Å². The van der Waals surface area contributed by atoms with Gasteiger partial charge in [0.15, 0.2) is 0 Å². The predicted molar refractivity (Wildman–Crippen MR) is 72.6 cm³/mol. The molecular weight excluding hydrogens is 288 g/mol. The largest absolute Gasteiger partial charge is 0.382 e. The molecule has 3 heterocycles. The van der Waals surface area contributed by atoms with Crippen LogP contribution in [-0.4, -0.2) is 27.9 Å². The van der Waals surface area contributed by atoms with Crippen molar-refractivity contribution in [1.29, 1.82) is 0 Å². The molecule has 1 aliphatic rings. The van der Waals surface area contributed by atoms with Crippen LogP contribution in [-0.2, 0) is 9.63 Å². The number of aromatic nitrogens is 2. The fourth-order valence-corrected chi connectivity index (χ4v) is 2.71. The van der Waals surface area contributed by atoms with E-state index in [-0.39, 0.29) is 5.91 Å². The van der Waals surface area contributed by atoms with Crippen LogP contribution < -0.4 is 5.32 Å². The number of carbonyl (C=O) groups is 1. The quantitative estimate of drug-likeness (QED) is 0.912. The zero-order chi connectivity index (χ0) is 13.2. The molecule has 3 rings (SSSR count). The summed E-state index contributed by atoms with van der Waals surface area (Å²) in [6, 6.07) is 3.66. The van der Waals surface area contributed by atoms with Crippen LogP contribution >= 0.6 is 22.9 Å². The smallest absolute Gasteiger partial charge is 0.268 e. The van der Waals surface area contributed by atoms with Gasteiger partial charge >= 0.3 is 0 Å². The summed E-state index contributed by atoms with van der Waals surface area (Å²) in [6.07, 6.45) is 2.92. The number of H-pyrrole nitrogens is 1. The first kappa shape index (κ1) is 12.2. The Morgan fingerprint density at radius 1 is 1.58 bits per heavy atom. The summed E-state index contributed by atoms with van der Waals surface area (Å²) >= 11 is 7.28. The fourth-order valence-electron chi connectivity index (χ4n) is 1.67. The van der Waals surface area contributed by atoms with E-state index in [2.05, 4.69) is 20.7 Å². The van der Waals surface area contributed by atoms with Crippen LogP contribution in [0.2, 0.25) is 4.34 Å². The third-order valence-electron chi connectivity index (χ3n) is 2.58. The number of anilines is 1. The lowest BCUT2D eigenvalue weighted by Gasteiger charge is -2.07. The molecule has 1 amide bonds. The van der Waals surface area contributed by atoms with Crippen molar-refractivity contribution in [2.45, 2.75) is 12.5 Å². The highest BCUT2D eigenvalue weighted by Gasteiger charge is 2.29. The second-order valence-corrected chi connectivity index (χ2v) is 5.63. The number of nitrogens with one attached hydrogen (secondary N) is 2. The molecule has 0 aliphatic carbocycles. The number of hydrogen-bond donors (Lipinski definition) is 2. The van der Waals surface area contributed by atoms with Gasteiger partial charge in [0.25, 0.3) is 5.91 Å². The second kappa shape index (κ2) is 5.02. The van der Waals surface area contributed by atoms with Crippen molar-refractivity contribution in [3.8, 4) is 0 Å². The Hall–Kier alpha value is -1.86. The Labute approximate surface area is 117 Å². The van der Waals surface area contributed by atoms with Crippen LogP contribution in [0.5, 0.6) is 0 Å². The van der Waals surface area contributed by atoms with E-state index in [1.165, 1.54) is 17.5 Å². The molecule has 0 unspecified atom stereocenters. The molecule has 98 valence electrons. The van der Waals surface area contributed by atoms with Gasteiger partial charge in [0.2, 0.25) is 6.10 Å². The van der Waals surface area contributed by atoms with Crippen LogP contribution in [0.1, 0.15) is 11.3 Å². The molecule has 2 aromatic heterocycles. The number of nitrogens with zero attached hydrogens (tertiary/aromatic N) is 2. The molecule has 19 heavy (non-hydrogen) atoms. The zero-order valence-electron chi connectivity index (χ0n) is 9.59. The summed E-state index contributed by atoms with van der Waals surface area (Å²) in [5.74, 6) is -0.247. The highest BCUT2D eigenvalue weighted by molar-refractivity contribution is 7.18. The van der Waals surface area contributed by atoms with E-state index >= 15 is 0 Å². The van der Waals surface area contributed by atoms with Crippen molar-refractivity contribution in [3.63, 3.8) is 0 Å². The van der Waals surface area contributed by atoms with E-state index in [4.69, 9.17) is 16.4 Å². The van der Waals surface area contributed by atoms with Gasteiger partial charge in [-0.25, -0.2) is 0 Å². The number of halogens is 1. The first-order valence-electron chi connectivity index (χ1n) is 5.50. The van der Waals surface area contributed by atoms with Crippen LogP contribution in [0.15, 0.2) is 29.7 Å². The first-order valence-corrected chi connectivity index (χ1v) is 6.70. The maximum atomic E-state index is 11.9. The van der Waals surface area contributed by atoms with Crippen molar-refractivity contribution in [2.75, 3.05) is 5.32 Å². The van der Waals surface area contributed by atoms with Gasteiger partial charge in [0.05, 0.1) is 21.1 Å². The summed E-state index contributed by atoms with van der Waals surface area (Å²) in [4.78, 5) is 18.0. The maximum absolute atomic E-state index is 11.9. The van der Waals surface area contributed by atoms with E-state index in [1.807, 2.05) is 6.07 Å². The number of hydrogen-bond acceptors (Lipinski definition) is 5. The lowest BCUT2D eigenvalue weighted by molar-refractivity contribution is -0.125. The van der Waals surface area contributed by atoms with Crippen LogP contribution in [0.25, 0.3) is 0 Å². The van der Waals surface area contributed by atoms with E-state index in [0.29, 0.717) is 16.4 Å². The van der Waals surface area contributed by atoms with Gasteiger partial charge in [-0.3, -0.25) is 9.89 Å². The monoisotopic (exact) mass is 296 g/mol. The minimum atomic E-state index is -0.620. The molecule has 6 nitrogen and oxygen atoms in total. The summed E-state index contributed by atoms with van der Waals surface area (Å²) < 4.78 is 0.684. The molecule has 0 radical (unpaired) electrons. The lowest BCUT2D eigenvalue weighted by atomic mass is 10.1. The van der Waals surface area contributed by atoms with E-state index in [9.17, 15) is 4.79 Å². The third-order valence-corrected chi connectivity index (χ3v) is 3.86. The van der Waals surface area contributed by atoms with Crippen LogP contribution in [0.4, 0.5) is 5.69 Å². The highest BCUT2D eigenvalue weighted by atomic mass is 35.5. The molecule has 1 atom stereocenters. The van der Waals surface area contributed by atoms with E-state index in [0.717, 1.165) is 10.6 Å². The summed E-state index contributed by atoms with van der Waals surface area (Å²) in [6.45, 7) is 0. The van der Waals surface area contributed by atoms with Crippen molar-refractivity contribution in [1.82, 2.24) is 10.2 Å². The Morgan fingerprint density at radius 3 is 3.16 bits per heavy atom. The Kier molecular flexibility index (Phi) is 3.22. The Balaban J connectivity index is 1.63.